The lowest BCUT2D eigenvalue weighted by Crippen LogP contribution is -2.59. The molecule has 120 valence electrons. The zero-order valence-electron chi connectivity index (χ0n) is 13.9. The van der Waals surface area contributed by atoms with Gasteiger partial charge < -0.3 is 11.1 Å². The average Bonchev–Trinajstić information content (AvgIpc) is 2.61. The van der Waals surface area contributed by atoms with Crippen LogP contribution in [0.25, 0.3) is 0 Å². The summed E-state index contributed by atoms with van der Waals surface area (Å²) in [6.45, 7) is 10.5. The predicted octanol–water partition coefficient (Wildman–Crippen LogP) is 2.11. The number of carbonyl (C=O) groups excluding carboxylic acids is 2. The number of hydrogen-bond acceptors (Lipinski definition) is 3. The van der Waals surface area contributed by atoms with E-state index in [0.717, 1.165) is 19.3 Å². The smallest absolute Gasteiger partial charge is 0.325 e. The topological polar surface area (TPSA) is 75.4 Å². The van der Waals surface area contributed by atoms with Gasteiger partial charge in [0.2, 0.25) is 0 Å². The molecular weight excluding hydrogens is 266 g/mol. The van der Waals surface area contributed by atoms with E-state index < -0.39 is 5.54 Å². The average molecular weight is 295 g/mol. The number of amides is 3. The second-order valence-electron chi connectivity index (χ2n) is 7.92. The minimum absolute atomic E-state index is 0.0769. The first kappa shape index (κ1) is 16.3. The van der Waals surface area contributed by atoms with Crippen LogP contribution >= 0.6 is 0 Å². The quantitative estimate of drug-likeness (QED) is 0.766. The highest BCUT2D eigenvalue weighted by Crippen LogP contribution is 2.42. The fraction of sp³-hybridized carbons (Fsp3) is 0.875. The van der Waals surface area contributed by atoms with E-state index in [1.54, 1.807) is 0 Å². The number of nitrogens with one attached hydrogen (secondary N) is 1. The Hall–Kier alpha value is -1.10. The lowest BCUT2D eigenvalue weighted by atomic mass is 9.67. The Morgan fingerprint density at radius 3 is 2.29 bits per heavy atom. The van der Waals surface area contributed by atoms with E-state index in [1.807, 2.05) is 20.8 Å². The normalized spacial score (nSPS) is 35.2. The van der Waals surface area contributed by atoms with Crippen LogP contribution in [0.15, 0.2) is 0 Å². The zero-order chi connectivity index (χ0) is 16.0. The maximum Gasteiger partial charge on any atom is 0.325 e. The Morgan fingerprint density at radius 2 is 1.81 bits per heavy atom. The molecule has 0 radical (unpaired) electrons. The van der Waals surface area contributed by atoms with Gasteiger partial charge in [-0.3, -0.25) is 9.69 Å². The lowest BCUT2D eigenvalue weighted by molar-refractivity contribution is -0.136. The molecule has 0 aromatic heterocycles. The highest BCUT2D eigenvalue weighted by Gasteiger charge is 2.58. The van der Waals surface area contributed by atoms with Crippen LogP contribution in [0.2, 0.25) is 0 Å². The molecule has 3 unspecified atom stereocenters. The van der Waals surface area contributed by atoms with Crippen LogP contribution in [-0.2, 0) is 4.79 Å². The third-order valence-corrected chi connectivity index (χ3v) is 5.48. The first-order valence-electron chi connectivity index (χ1n) is 8.00. The van der Waals surface area contributed by atoms with Crippen molar-refractivity contribution >= 4 is 11.9 Å². The molecular formula is C16H29N3O2. The highest BCUT2D eigenvalue weighted by atomic mass is 16.2. The van der Waals surface area contributed by atoms with Crippen LogP contribution in [-0.4, -0.2) is 35.0 Å². The molecule has 3 atom stereocenters. The van der Waals surface area contributed by atoms with E-state index in [-0.39, 0.29) is 41.8 Å². The first-order valence-corrected chi connectivity index (χ1v) is 8.00. The summed E-state index contributed by atoms with van der Waals surface area (Å²) in [4.78, 5) is 26.7. The first-order chi connectivity index (χ1) is 9.60. The maximum atomic E-state index is 13.0. The summed E-state index contributed by atoms with van der Waals surface area (Å²) in [5.74, 6) is 0.272. The van der Waals surface area contributed by atoms with Gasteiger partial charge in [-0.15, -0.1) is 0 Å². The molecule has 1 spiro atoms. The highest BCUT2D eigenvalue weighted by molar-refractivity contribution is 6.07. The van der Waals surface area contributed by atoms with Crippen molar-refractivity contribution in [3.05, 3.63) is 0 Å². The molecule has 21 heavy (non-hydrogen) atoms. The molecule has 2 aliphatic rings. The van der Waals surface area contributed by atoms with Gasteiger partial charge in [0.15, 0.2) is 0 Å². The van der Waals surface area contributed by atoms with E-state index in [2.05, 4.69) is 19.2 Å². The van der Waals surface area contributed by atoms with Crippen molar-refractivity contribution in [1.82, 2.24) is 10.2 Å². The molecule has 0 aromatic carbocycles. The molecule has 1 heterocycles. The van der Waals surface area contributed by atoms with Crippen LogP contribution in [0.3, 0.4) is 0 Å². The maximum absolute atomic E-state index is 13.0. The third-order valence-electron chi connectivity index (χ3n) is 5.48. The van der Waals surface area contributed by atoms with E-state index in [1.165, 1.54) is 4.90 Å². The van der Waals surface area contributed by atoms with Crippen molar-refractivity contribution in [3.63, 3.8) is 0 Å². The number of imide groups is 1. The molecule has 2 fully saturated rings. The number of nitrogens with zero attached hydrogens (tertiary/aromatic N) is 1. The molecule has 3 N–H and O–H groups in total. The van der Waals surface area contributed by atoms with Crippen molar-refractivity contribution in [1.29, 1.82) is 0 Å². The van der Waals surface area contributed by atoms with Gasteiger partial charge in [-0.25, -0.2) is 4.79 Å². The van der Waals surface area contributed by atoms with Crippen molar-refractivity contribution in [2.75, 3.05) is 6.54 Å². The monoisotopic (exact) mass is 295 g/mol. The van der Waals surface area contributed by atoms with Crippen molar-refractivity contribution < 1.29 is 9.59 Å². The predicted molar refractivity (Wildman–Crippen MR) is 82.6 cm³/mol. The molecule has 5 heteroatoms. The van der Waals surface area contributed by atoms with Gasteiger partial charge in [-0.1, -0.05) is 41.0 Å². The van der Waals surface area contributed by atoms with E-state index >= 15 is 0 Å². The fourth-order valence-electron chi connectivity index (χ4n) is 3.59. The van der Waals surface area contributed by atoms with Gasteiger partial charge in [0.25, 0.3) is 5.91 Å². The zero-order valence-corrected chi connectivity index (χ0v) is 13.9. The molecule has 1 saturated carbocycles. The summed E-state index contributed by atoms with van der Waals surface area (Å²) in [5.41, 5.74) is 5.31. The van der Waals surface area contributed by atoms with Gasteiger partial charge in [-0.2, -0.15) is 0 Å². The summed E-state index contributed by atoms with van der Waals surface area (Å²) >= 11 is 0. The standard InChI is InChI=1S/C16H29N3O2/c1-10-7-6-8-11(2)16(10)13(20)19(14(21)18-16)9-12(17)15(3,4)5/h10-12H,6-9,17H2,1-5H3,(H,18,21). The number of nitrogens with two attached hydrogens (primary N) is 1. The van der Waals surface area contributed by atoms with Gasteiger partial charge >= 0.3 is 6.03 Å². The van der Waals surface area contributed by atoms with Crippen LogP contribution < -0.4 is 11.1 Å². The van der Waals surface area contributed by atoms with Gasteiger partial charge in [0.05, 0.1) is 0 Å². The number of hydrogen-bond donors (Lipinski definition) is 2. The molecule has 5 nitrogen and oxygen atoms in total. The van der Waals surface area contributed by atoms with Crippen LogP contribution in [0.1, 0.15) is 53.9 Å². The van der Waals surface area contributed by atoms with Gasteiger partial charge in [-0.05, 0) is 30.1 Å². The largest absolute Gasteiger partial charge is 0.326 e. The molecule has 3 amide bonds. The SMILES string of the molecule is CC1CCCC(C)C12NC(=O)N(CC(N)C(C)(C)C)C2=O. The second-order valence-corrected chi connectivity index (χ2v) is 7.92. The minimum Gasteiger partial charge on any atom is -0.326 e. The third kappa shape index (κ3) is 2.56. The van der Waals surface area contributed by atoms with Crippen LogP contribution in [0, 0.1) is 17.3 Å². The molecule has 2 rings (SSSR count). The molecule has 1 aliphatic heterocycles. The summed E-state index contributed by atoms with van der Waals surface area (Å²) in [5, 5.41) is 3.01. The van der Waals surface area contributed by atoms with Gasteiger partial charge in [0, 0.05) is 12.6 Å². The summed E-state index contributed by atoms with van der Waals surface area (Å²) in [7, 11) is 0. The number of rotatable bonds is 2. The van der Waals surface area contributed by atoms with Crippen LogP contribution in [0.4, 0.5) is 4.79 Å². The Labute approximate surface area is 127 Å². The minimum atomic E-state index is -0.715. The molecule has 1 aliphatic carbocycles. The Balaban J connectivity index is 2.24. The van der Waals surface area contributed by atoms with E-state index in [0.29, 0.717) is 0 Å². The second kappa shape index (κ2) is 5.27. The Kier molecular flexibility index (Phi) is 4.08. The fourth-order valence-corrected chi connectivity index (χ4v) is 3.59. The summed E-state index contributed by atoms with van der Waals surface area (Å²) in [6, 6.07) is -0.503. The number of carbonyl (C=O) groups is 2. The Bertz CT molecular complexity index is 431. The van der Waals surface area contributed by atoms with E-state index in [9.17, 15) is 9.59 Å². The summed E-state index contributed by atoms with van der Waals surface area (Å²) < 4.78 is 0. The number of urea groups is 1. The lowest BCUT2D eigenvalue weighted by Gasteiger charge is -2.42. The summed E-state index contributed by atoms with van der Waals surface area (Å²) in [6.07, 6.45) is 3.08. The van der Waals surface area contributed by atoms with Crippen molar-refractivity contribution in [2.24, 2.45) is 23.0 Å². The van der Waals surface area contributed by atoms with Crippen molar-refractivity contribution in [2.45, 2.75) is 65.5 Å². The molecule has 0 bridgehead atoms. The van der Waals surface area contributed by atoms with Crippen LogP contribution in [0.5, 0.6) is 0 Å². The van der Waals surface area contributed by atoms with Gasteiger partial charge in [0.1, 0.15) is 5.54 Å². The van der Waals surface area contributed by atoms with E-state index in [4.69, 9.17) is 5.73 Å². The molecule has 1 saturated heterocycles. The Morgan fingerprint density at radius 1 is 1.29 bits per heavy atom. The molecule has 0 aromatic rings. The van der Waals surface area contributed by atoms with Crippen molar-refractivity contribution in [3.8, 4) is 0 Å².